The third-order valence-corrected chi connectivity index (χ3v) is 4.14. The SMILES string of the molecule is CC(C)Oc1ccc(C(=O)NNC(=O)COc2ccc(-c3ccccc3)cc2)cc1. The van der Waals surface area contributed by atoms with Crippen LogP contribution in [0, 0.1) is 0 Å². The molecule has 0 bridgehead atoms. The van der Waals surface area contributed by atoms with Gasteiger partial charge in [0.05, 0.1) is 6.10 Å². The summed E-state index contributed by atoms with van der Waals surface area (Å²) in [6, 6.07) is 24.1. The van der Waals surface area contributed by atoms with E-state index in [1.54, 1.807) is 36.4 Å². The molecule has 0 aliphatic heterocycles. The maximum absolute atomic E-state index is 12.1. The molecule has 3 rings (SSSR count). The number of hydrogen-bond acceptors (Lipinski definition) is 4. The third kappa shape index (κ3) is 6.10. The highest BCUT2D eigenvalue weighted by Gasteiger charge is 2.09. The minimum absolute atomic E-state index is 0.0542. The number of rotatable bonds is 7. The number of hydrazine groups is 1. The van der Waals surface area contributed by atoms with E-state index in [1.165, 1.54) is 0 Å². The van der Waals surface area contributed by atoms with Gasteiger partial charge < -0.3 is 9.47 Å². The Morgan fingerprint density at radius 2 is 1.37 bits per heavy atom. The molecular formula is C24H24N2O4. The van der Waals surface area contributed by atoms with Crippen molar-refractivity contribution in [3.63, 3.8) is 0 Å². The van der Waals surface area contributed by atoms with Gasteiger partial charge in [-0.1, -0.05) is 42.5 Å². The zero-order valence-corrected chi connectivity index (χ0v) is 16.9. The van der Waals surface area contributed by atoms with Gasteiger partial charge in [-0.3, -0.25) is 20.4 Å². The lowest BCUT2D eigenvalue weighted by Crippen LogP contribution is -2.43. The monoisotopic (exact) mass is 404 g/mol. The molecule has 0 spiro atoms. The molecule has 0 fully saturated rings. The van der Waals surface area contributed by atoms with E-state index in [2.05, 4.69) is 10.9 Å². The fourth-order valence-corrected chi connectivity index (χ4v) is 2.71. The quantitative estimate of drug-likeness (QED) is 0.584. The van der Waals surface area contributed by atoms with Crippen LogP contribution in [0.15, 0.2) is 78.9 Å². The summed E-state index contributed by atoms with van der Waals surface area (Å²) in [4.78, 5) is 24.1. The van der Waals surface area contributed by atoms with Crippen LogP contribution in [0.5, 0.6) is 11.5 Å². The van der Waals surface area contributed by atoms with Crippen LogP contribution < -0.4 is 20.3 Å². The lowest BCUT2D eigenvalue weighted by Gasteiger charge is -2.11. The van der Waals surface area contributed by atoms with E-state index < -0.39 is 11.8 Å². The first-order valence-electron chi connectivity index (χ1n) is 9.65. The molecule has 2 amide bonds. The molecule has 0 heterocycles. The van der Waals surface area contributed by atoms with Crippen LogP contribution in [-0.4, -0.2) is 24.5 Å². The van der Waals surface area contributed by atoms with Crippen LogP contribution in [0.3, 0.4) is 0 Å². The Morgan fingerprint density at radius 3 is 2.00 bits per heavy atom. The van der Waals surface area contributed by atoms with E-state index in [4.69, 9.17) is 9.47 Å². The average molecular weight is 404 g/mol. The number of benzene rings is 3. The molecule has 0 radical (unpaired) electrons. The van der Waals surface area contributed by atoms with Gasteiger partial charge in [0.15, 0.2) is 6.61 Å². The Balaban J connectivity index is 1.44. The van der Waals surface area contributed by atoms with E-state index in [0.29, 0.717) is 17.1 Å². The normalized spacial score (nSPS) is 10.4. The zero-order chi connectivity index (χ0) is 21.3. The standard InChI is InChI=1S/C24H24N2O4/c1-17(2)30-22-14-10-20(11-15-22)24(28)26-25-23(27)16-29-21-12-8-19(9-13-21)18-6-4-3-5-7-18/h3-15,17H,16H2,1-2H3,(H,25,27)(H,26,28). The Bertz CT molecular complexity index is 968. The van der Waals surface area contributed by atoms with Gasteiger partial charge in [0.1, 0.15) is 11.5 Å². The van der Waals surface area contributed by atoms with Crippen LogP contribution in [0.4, 0.5) is 0 Å². The van der Waals surface area contributed by atoms with E-state index in [-0.39, 0.29) is 12.7 Å². The Morgan fingerprint density at radius 1 is 0.767 bits per heavy atom. The number of carbonyl (C=O) groups is 2. The van der Waals surface area contributed by atoms with E-state index in [1.807, 2.05) is 56.3 Å². The lowest BCUT2D eigenvalue weighted by atomic mass is 10.1. The molecule has 0 saturated carbocycles. The fourth-order valence-electron chi connectivity index (χ4n) is 2.71. The molecule has 30 heavy (non-hydrogen) atoms. The third-order valence-electron chi connectivity index (χ3n) is 4.14. The van der Waals surface area contributed by atoms with Gasteiger partial charge in [-0.2, -0.15) is 0 Å². The fraction of sp³-hybridized carbons (Fsp3) is 0.167. The predicted molar refractivity (Wildman–Crippen MR) is 115 cm³/mol. The molecule has 0 unspecified atom stereocenters. The number of ether oxygens (including phenoxy) is 2. The molecule has 0 aliphatic rings. The summed E-state index contributed by atoms with van der Waals surface area (Å²) in [5.41, 5.74) is 7.28. The summed E-state index contributed by atoms with van der Waals surface area (Å²) in [7, 11) is 0. The van der Waals surface area contributed by atoms with Gasteiger partial charge in [0, 0.05) is 5.56 Å². The Labute approximate surface area is 175 Å². The Hall–Kier alpha value is -3.80. The largest absolute Gasteiger partial charge is 0.491 e. The van der Waals surface area contributed by atoms with Gasteiger partial charge in [0.25, 0.3) is 11.8 Å². The van der Waals surface area contributed by atoms with Crippen LogP contribution in [0.25, 0.3) is 11.1 Å². The molecule has 0 aliphatic carbocycles. The summed E-state index contributed by atoms with van der Waals surface area (Å²) in [5.74, 6) is 0.357. The molecule has 154 valence electrons. The van der Waals surface area contributed by atoms with Crippen molar-refractivity contribution in [2.75, 3.05) is 6.61 Å². The highest BCUT2D eigenvalue weighted by molar-refractivity contribution is 5.95. The second kappa shape index (κ2) is 10.1. The van der Waals surface area contributed by atoms with Crippen molar-refractivity contribution in [1.29, 1.82) is 0 Å². The second-order valence-electron chi connectivity index (χ2n) is 6.87. The number of nitrogens with one attached hydrogen (secondary N) is 2. The van der Waals surface area contributed by atoms with Crippen LogP contribution in [0.2, 0.25) is 0 Å². The summed E-state index contributed by atoms with van der Waals surface area (Å²) in [6.45, 7) is 3.64. The van der Waals surface area contributed by atoms with Crippen molar-refractivity contribution >= 4 is 11.8 Å². The van der Waals surface area contributed by atoms with Crippen molar-refractivity contribution in [1.82, 2.24) is 10.9 Å². The number of amides is 2. The van der Waals surface area contributed by atoms with Crippen molar-refractivity contribution in [2.24, 2.45) is 0 Å². The predicted octanol–water partition coefficient (Wildman–Crippen LogP) is 3.98. The smallest absolute Gasteiger partial charge is 0.276 e. The number of carbonyl (C=O) groups excluding carboxylic acids is 2. The summed E-state index contributed by atoms with van der Waals surface area (Å²) in [5, 5.41) is 0. The minimum atomic E-state index is -0.463. The van der Waals surface area contributed by atoms with Crippen molar-refractivity contribution in [3.8, 4) is 22.6 Å². The van der Waals surface area contributed by atoms with Crippen molar-refractivity contribution in [3.05, 3.63) is 84.4 Å². The maximum Gasteiger partial charge on any atom is 0.276 e. The highest BCUT2D eigenvalue weighted by Crippen LogP contribution is 2.22. The van der Waals surface area contributed by atoms with Crippen LogP contribution in [0.1, 0.15) is 24.2 Å². The molecule has 0 atom stereocenters. The first-order chi connectivity index (χ1) is 14.5. The molecule has 6 nitrogen and oxygen atoms in total. The molecular weight excluding hydrogens is 380 g/mol. The van der Waals surface area contributed by atoms with Gasteiger partial charge in [-0.15, -0.1) is 0 Å². The average Bonchev–Trinajstić information content (AvgIpc) is 2.77. The molecule has 3 aromatic rings. The van der Waals surface area contributed by atoms with Gasteiger partial charge >= 0.3 is 0 Å². The molecule has 0 aromatic heterocycles. The van der Waals surface area contributed by atoms with E-state index in [0.717, 1.165) is 11.1 Å². The summed E-state index contributed by atoms with van der Waals surface area (Å²) < 4.78 is 11.0. The van der Waals surface area contributed by atoms with Gasteiger partial charge in [-0.25, -0.2) is 0 Å². The van der Waals surface area contributed by atoms with Crippen LogP contribution >= 0.6 is 0 Å². The zero-order valence-electron chi connectivity index (χ0n) is 16.9. The molecule has 6 heteroatoms. The number of hydrogen-bond donors (Lipinski definition) is 2. The van der Waals surface area contributed by atoms with E-state index in [9.17, 15) is 9.59 Å². The molecule has 0 saturated heterocycles. The van der Waals surface area contributed by atoms with Gasteiger partial charge in [-0.05, 0) is 61.4 Å². The highest BCUT2D eigenvalue weighted by atomic mass is 16.5. The maximum atomic E-state index is 12.1. The van der Waals surface area contributed by atoms with E-state index >= 15 is 0 Å². The Kier molecular flexibility index (Phi) is 7.05. The van der Waals surface area contributed by atoms with Gasteiger partial charge in [0.2, 0.25) is 0 Å². The van der Waals surface area contributed by atoms with Crippen molar-refractivity contribution in [2.45, 2.75) is 20.0 Å². The lowest BCUT2D eigenvalue weighted by molar-refractivity contribution is -0.123. The first kappa shape index (κ1) is 20.9. The molecule has 3 aromatic carbocycles. The molecule has 2 N–H and O–H groups in total. The summed E-state index contributed by atoms with van der Waals surface area (Å²) in [6.07, 6.45) is 0.0542. The van der Waals surface area contributed by atoms with Crippen molar-refractivity contribution < 1.29 is 19.1 Å². The second-order valence-corrected chi connectivity index (χ2v) is 6.87. The topological polar surface area (TPSA) is 76.7 Å². The van der Waals surface area contributed by atoms with Crippen LogP contribution in [-0.2, 0) is 4.79 Å². The minimum Gasteiger partial charge on any atom is -0.491 e. The summed E-state index contributed by atoms with van der Waals surface area (Å²) >= 11 is 0. The first-order valence-corrected chi connectivity index (χ1v) is 9.65.